The lowest BCUT2D eigenvalue weighted by Crippen LogP contribution is -2.01. The van der Waals surface area contributed by atoms with Gasteiger partial charge >= 0.3 is 0 Å². The van der Waals surface area contributed by atoms with Crippen LogP contribution in [-0.2, 0) is 0 Å². The molecule has 0 aliphatic heterocycles. The van der Waals surface area contributed by atoms with Crippen molar-refractivity contribution in [1.29, 1.82) is 5.26 Å². The Hall–Kier alpha value is -2.45. The average Bonchev–Trinajstić information content (AvgIpc) is 2.38. The van der Waals surface area contributed by atoms with E-state index in [4.69, 9.17) is 10.00 Å². The van der Waals surface area contributed by atoms with Crippen molar-refractivity contribution < 1.29 is 18.6 Å². The van der Waals surface area contributed by atoms with Gasteiger partial charge in [-0.05, 0) is 31.2 Å². The summed E-state index contributed by atoms with van der Waals surface area (Å²) in [4.78, 5) is 0. The molecule has 0 aromatic heterocycles. The Morgan fingerprint density at radius 2 is 1.70 bits per heavy atom. The summed E-state index contributed by atoms with van der Waals surface area (Å²) in [6, 6.07) is 9.64. The minimum absolute atomic E-state index is 0.0278. The van der Waals surface area contributed by atoms with Crippen molar-refractivity contribution >= 4 is 0 Å². The van der Waals surface area contributed by atoms with Gasteiger partial charge in [0.2, 0.25) is 0 Å². The van der Waals surface area contributed by atoms with Crippen LogP contribution in [0, 0.1) is 23.0 Å². The maximum absolute atomic E-state index is 13.7. The molecule has 0 amide bonds. The van der Waals surface area contributed by atoms with E-state index in [0.29, 0.717) is 0 Å². The summed E-state index contributed by atoms with van der Waals surface area (Å²) in [7, 11) is 0. The van der Waals surface area contributed by atoms with Crippen molar-refractivity contribution in [3.05, 3.63) is 59.2 Å². The van der Waals surface area contributed by atoms with Crippen LogP contribution in [0.15, 0.2) is 36.4 Å². The number of hydrogen-bond acceptors (Lipinski definition) is 3. The fraction of sp³-hybridized carbons (Fsp3) is 0.133. The SMILES string of the molecule is C[C@@H](O)c1c(F)cccc1Oc1cccc(F)c1C#N. The van der Waals surface area contributed by atoms with E-state index in [-0.39, 0.29) is 22.6 Å². The van der Waals surface area contributed by atoms with Gasteiger partial charge in [0.05, 0.1) is 11.7 Å². The van der Waals surface area contributed by atoms with Crippen molar-refractivity contribution in [3.63, 3.8) is 0 Å². The van der Waals surface area contributed by atoms with Crippen molar-refractivity contribution in [2.45, 2.75) is 13.0 Å². The minimum atomic E-state index is -1.09. The maximum atomic E-state index is 13.7. The molecule has 0 radical (unpaired) electrons. The van der Waals surface area contributed by atoms with Crippen LogP contribution in [0.25, 0.3) is 0 Å². The number of rotatable bonds is 3. The van der Waals surface area contributed by atoms with Crippen LogP contribution in [-0.4, -0.2) is 5.11 Å². The molecule has 102 valence electrons. The molecule has 5 heteroatoms. The summed E-state index contributed by atoms with van der Waals surface area (Å²) in [5.41, 5.74) is -0.311. The number of aliphatic hydroxyl groups excluding tert-OH is 1. The van der Waals surface area contributed by atoms with E-state index in [1.807, 2.05) is 0 Å². The average molecular weight is 275 g/mol. The standard InChI is InChI=1S/C15H11F2NO2/c1-9(19)15-12(17)5-3-7-14(15)20-13-6-2-4-11(16)10(13)8-18/h2-7,9,19H,1H3/t9-/m1/s1. The molecular formula is C15H11F2NO2. The Labute approximate surface area is 114 Å². The van der Waals surface area contributed by atoms with Gasteiger partial charge in [0.1, 0.15) is 34.8 Å². The van der Waals surface area contributed by atoms with Gasteiger partial charge in [-0.15, -0.1) is 0 Å². The fourth-order valence-electron chi connectivity index (χ4n) is 1.83. The molecule has 0 aliphatic carbocycles. The normalized spacial score (nSPS) is 11.8. The van der Waals surface area contributed by atoms with E-state index < -0.39 is 17.7 Å². The summed E-state index contributed by atoms with van der Waals surface area (Å²) in [5, 5.41) is 18.5. The molecule has 0 saturated carbocycles. The first-order chi connectivity index (χ1) is 9.54. The third-order valence-electron chi connectivity index (χ3n) is 2.74. The van der Waals surface area contributed by atoms with Crippen LogP contribution in [0.2, 0.25) is 0 Å². The van der Waals surface area contributed by atoms with Gasteiger partial charge in [0, 0.05) is 0 Å². The Morgan fingerprint density at radius 3 is 2.30 bits per heavy atom. The molecular weight excluding hydrogens is 264 g/mol. The van der Waals surface area contributed by atoms with Crippen molar-refractivity contribution in [2.24, 2.45) is 0 Å². The molecule has 2 rings (SSSR count). The van der Waals surface area contributed by atoms with Crippen LogP contribution in [0.5, 0.6) is 11.5 Å². The van der Waals surface area contributed by atoms with Crippen molar-refractivity contribution in [1.82, 2.24) is 0 Å². The van der Waals surface area contributed by atoms with Gasteiger partial charge in [-0.1, -0.05) is 12.1 Å². The first-order valence-corrected chi connectivity index (χ1v) is 5.87. The van der Waals surface area contributed by atoms with Crippen LogP contribution in [0.3, 0.4) is 0 Å². The van der Waals surface area contributed by atoms with Gasteiger partial charge < -0.3 is 9.84 Å². The molecule has 0 heterocycles. The second kappa shape index (κ2) is 5.68. The molecule has 0 spiro atoms. The van der Waals surface area contributed by atoms with E-state index in [9.17, 15) is 13.9 Å². The Morgan fingerprint density at radius 1 is 1.10 bits per heavy atom. The van der Waals surface area contributed by atoms with Gasteiger partial charge in [0.25, 0.3) is 0 Å². The van der Waals surface area contributed by atoms with E-state index in [2.05, 4.69) is 0 Å². The summed E-state index contributed by atoms with van der Waals surface area (Å²) in [5.74, 6) is -1.34. The lowest BCUT2D eigenvalue weighted by molar-refractivity contribution is 0.190. The highest BCUT2D eigenvalue weighted by Crippen LogP contribution is 2.33. The molecule has 0 bridgehead atoms. The van der Waals surface area contributed by atoms with Crippen LogP contribution in [0.4, 0.5) is 8.78 Å². The summed E-state index contributed by atoms with van der Waals surface area (Å²) in [6.45, 7) is 1.39. The lowest BCUT2D eigenvalue weighted by atomic mass is 10.1. The Bertz CT molecular complexity index is 678. The monoisotopic (exact) mass is 275 g/mol. The Balaban J connectivity index is 2.49. The number of hydrogen-bond donors (Lipinski definition) is 1. The van der Waals surface area contributed by atoms with Gasteiger partial charge in [-0.25, -0.2) is 8.78 Å². The highest BCUT2D eigenvalue weighted by Gasteiger charge is 2.17. The molecule has 20 heavy (non-hydrogen) atoms. The van der Waals surface area contributed by atoms with E-state index in [1.165, 1.54) is 37.3 Å². The van der Waals surface area contributed by atoms with Gasteiger partial charge in [-0.2, -0.15) is 5.26 Å². The van der Waals surface area contributed by atoms with Crippen LogP contribution >= 0.6 is 0 Å². The third-order valence-corrected chi connectivity index (χ3v) is 2.74. The predicted octanol–water partition coefficient (Wildman–Crippen LogP) is 3.68. The van der Waals surface area contributed by atoms with E-state index in [0.717, 1.165) is 6.07 Å². The lowest BCUT2D eigenvalue weighted by Gasteiger charge is -2.14. The molecule has 2 aromatic rings. The molecule has 0 unspecified atom stereocenters. The summed E-state index contributed by atoms with van der Waals surface area (Å²) >= 11 is 0. The Kier molecular flexibility index (Phi) is 3.97. The number of aliphatic hydroxyl groups is 1. The highest BCUT2D eigenvalue weighted by atomic mass is 19.1. The van der Waals surface area contributed by atoms with Crippen molar-refractivity contribution in [2.75, 3.05) is 0 Å². The van der Waals surface area contributed by atoms with Crippen molar-refractivity contribution in [3.8, 4) is 17.6 Å². The molecule has 1 N–H and O–H groups in total. The first-order valence-electron chi connectivity index (χ1n) is 5.87. The predicted molar refractivity (Wildman–Crippen MR) is 68.2 cm³/mol. The highest BCUT2D eigenvalue weighted by molar-refractivity contribution is 5.48. The third kappa shape index (κ3) is 2.60. The van der Waals surface area contributed by atoms with Gasteiger partial charge in [0.15, 0.2) is 0 Å². The molecule has 3 nitrogen and oxygen atoms in total. The summed E-state index contributed by atoms with van der Waals surface area (Å²) < 4.78 is 32.5. The smallest absolute Gasteiger partial charge is 0.148 e. The fourth-order valence-corrected chi connectivity index (χ4v) is 1.83. The molecule has 0 fully saturated rings. The zero-order valence-electron chi connectivity index (χ0n) is 10.6. The number of ether oxygens (including phenoxy) is 1. The number of nitrogens with zero attached hydrogens (tertiary/aromatic N) is 1. The summed E-state index contributed by atoms with van der Waals surface area (Å²) in [6.07, 6.45) is -1.09. The van der Waals surface area contributed by atoms with E-state index >= 15 is 0 Å². The van der Waals surface area contributed by atoms with E-state index in [1.54, 1.807) is 6.07 Å². The molecule has 0 aliphatic rings. The molecule has 0 saturated heterocycles. The van der Waals surface area contributed by atoms with Gasteiger partial charge in [-0.3, -0.25) is 0 Å². The molecule has 2 aromatic carbocycles. The molecule has 1 atom stereocenters. The minimum Gasteiger partial charge on any atom is -0.455 e. The number of nitriles is 1. The number of benzene rings is 2. The maximum Gasteiger partial charge on any atom is 0.148 e. The second-order valence-electron chi connectivity index (χ2n) is 4.15. The largest absolute Gasteiger partial charge is 0.455 e. The van der Waals surface area contributed by atoms with Crippen LogP contribution in [0.1, 0.15) is 24.2 Å². The number of halogens is 2. The zero-order valence-corrected chi connectivity index (χ0v) is 10.6. The first kappa shape index (κ1) is 14.0. The topological polar surface area (TPSA) is 53.2 Å². The zero-order chi connectivity index (χ0) is 14.7. The quantitative estimate of drug-likeness (QED) is 0.929. The second-order valence-corrected chi connectivity index (χ2v) is 4.15. The van der Waals surface area contributed by atoms with Crippen LogP contribution < -0.4 is 4.74 Å².